The summed E-state index contributed by atoms with van der Waals surface area (Å²) < 4.78 is 1.99. The second-order valence-electron chi connectivity index (χ2n) is 7.97. The molecule has 1 fully saturated rings. The Labute approximate surface area is 186 Å². The van der Waals surface area contributed by atoms with Gasteiger partial charge in [-0.2, -0.15) is 0 Å². The summed E-state index contributed by atoms with van der Waals surface area (Å²) in [5.41, 5.74) is 6.82. The van der Waals surface area contributed by atoms with Gasteiger partial charge in [-0.05, 0) is 49.9 Å². The van der Waals surface area contributed by atoms with Crippen LogP contribution in [-0.2, 0) is 0 Å². The minimum absolute atomic E-state index is 0.907. The maximum absolute atomic E-state index is 4.80. The van der Waals surface area contributed by atoms with E-state index in [1.807, 2.05) is 10.8 Å². The number of hydrogen-bond acceptors (Lipinski definition) is 6. The number of hydrogen-bond donors (Lipinski definition) is 1. The van der Waals surface area contributed by atoms with Gasteiger partial charge in [0.15, 0.2) is 5.13 Å². The Bertz CT molecular complexity index is 1140. The summed E-state index contributed by atoms with van der Waals surface area (Å²) in [7, 11) is 2.19. The standard InChI is InChI=1S/C24H26N6S/c1-18-15-21(29-13-11-28(2)12-14-29)7-8-22(18)26-24-27-23(16-31-24)19-3-5-20(6-4-19)30-10-9-25-17-30/h3-10,15-17H,11-14H2,1-2H3,(H,26,27). The summed E-state index contributed by atoms with van der Waals surface area (Å²) in [6.07, 6.45) is 5.53. The number of thiazole rings is 1. The molecule has 0 atom stereocenters. The highest BCUT2D eigenvalue weighted by molar-refractivity contribution is 7.14. The lowest BCUT2D eigenvalue weighted by molar-refractivity contribution is 0.313. The number of piperazine rings is 1. The van der Waals surface area contributed by atoms with Crippen LogP contribution >= 0.6 is 11.3 Å². The van der Waals surface area contributed by atoms with Crippen molar-refractivity contribution in [2.24, 2.45) is 0 Å². The summed E-state index contributed by atoms with van der Waals surface area (Å²) in [5, 5.41) is 6.51. The first-order valence-corrected chi connectivity index (χ1v) is 11.4. The monoisotopic (exact) mass is 430 g/mol. The van der Waals surface area contributed by atoms with Crippen molar-refractivity contribution < 1.29 is 0 Å². The van der Waals surface area contributed by atoms with Crippen LogP contribution in [-0.4, -0.2) is 52.7 Å². The molecule has 0 amide bonds. The van der Waals surface area contributed by atoms with E-state index in [1.165, 1.54) is 11.3 Å². The summed E-state index contributed by atoms with van der Waals surface area (Å²) >= 11 is 1.63. The fourth-order valence-corrected chi connectivity index (χ4v) is 4.58. The molecule has 1 saturated heterocycles. The maximum atomic E-state index is 4.80. The number of imidazole rings is 1. The predicted octanol–water partition coefficient (Wildman–Crippen LogP) is 4.80. The van der Waals surface area contributed by atoms with Gasteiger partial charge in [-0.25, -0.2) is 9.97 Å². The number of nitrogens with zero attached hydrogens (tertiary/aromatic N) is 5. The second kappa shape index (κ2) is 8.53. The smallest absolute Gasteiger partial charge is 0.187 e. The molecule has 7 heteroatoms. The number of rotatable bonds is 5. The van der Waals surface area contributed by atoms with E-state index in [9.17, 15) is 0 Å². The zero-order valence-corrected chi connectivity index (χ0v) is 18.6. The molecule has 31 heavy (non-hydrogen) atoms. The number of likely N-dealkylation sites (N-methyl/N-ethyl adjacent to an activating group) is 1. The van der Waals surface area contributed by atoms with Gasteiger partial charge in [0.25, 0.3) is 0 Å². The Hall–Kier alpha value is -3.16. The van der Waals surface area contributed by atoms with Crippen LogP contribution in [0, 0.1) is 6.92 Å². The highest BCUT2D eigenvalue weighted by atomic mass is 32.1. The van der Waals surface area contributed by atoms with Gasteiger partial charge in [-0.3, -0.25) is 0 Å². The molecular weight excluding hydrogens is 404 g/mol. The zero-order chi connectivity index (χ0) is 21.2. The fraction of sp³-hybridized carbons (Fsp3) is 0.250. The van der Waals surface area contributed by atoms with E-state index in [-0.39, 0.29) is 0 Å². The number of anilines is 3. The SMILES string of the molecule is Cc1cc(N2CCN(C)CC2)ccc1Nc1nc(-c2ccc(-n3ccnc3)cc2)cs1. The molecule has 0 saturated carbocycles. The zero-order valence-electron chi connectivity index (χ0n) is 17.8. The van der Waals surface area contributed by atoms with Crippen LogP contribution in [0.4, 0.5) is 16.5 Å². The topological polar surface area (TPSA) is 49.2 Å². The van der Waals surface area contributed by atoms with Crippen LogP contribution in [0.15, 0.2) is 66.6 Å². The number of benzene rings is 2. The van der Waals surface area contributed by atoms with Crippen molar-refractivity contribution in [1.29, 1.82) is 0 Å². The van der Waals surface area contributed by atoms with Gasteiger partial charge in [-0.1, -0.05) is 12.1 Å². The van der Waals surface area contributed by atoms with E-state index in [4.69, 9.17) is 4.98 Å². The van der Waals surface area contributed by atoms with Gasteiger partial charge in [0.2, 0.25) is 0 Å². The van der Waals surface area contributed by atoms with Crippen molar-refractivity contribution in [2.45, 2.75) is 6.92 Å². The van der Waals surface area contributed by atoms with Gasteiger partial charge in [0.05, 0.1) is 12.0 Å². The Kier molecular flexibility index (Phi) is 5.44. The van der Waals surface area contributed by atoms with Gasteiger partial charge in [0, 0.05) is 66.6 Å². The summed E-state index contributed by atoms with van der Waals surface area (Å²) in [4.78, 5) is 13.7. The van der Waals surface area contributed by atoms with Crippen LogP contribution in [0.3, 0.4) is 0 Å². The molecule has 2 aromatic heterocycles. The summed E-state index contributed by atoms with van der Waals surface area (Å²) in [6.45, 7) is 6.55. The molecule has 0 bridgehead atoms. The lowest BCUT2D eigenvalue weighted by Gasteiger charge is -2.34. The summed E-state index contributed by atoms with van der Waals surface area (Å²) in [6, 6.07) is 15.0. The van der Waals surface area contributed by atoms with Crippen LogP contribution in [0.5, 0.6) is 0 Å². The Morgan fingerprint density at radius 1 is 0.968 bits per heavy atom. The van der Waals surface area contributed by atoms with Crippen LogP contribution in [0.1, 0.15) is 5.56 Å². The molecule has 1 aliphatic rings. The van der Waals surface area contributed by atoms with E-state index < -0.39 is 0 Å². The van der Waals surface area contributed by atoms with E-state index in [0.717, 1.165) is 53.9 Å². The fourth-order valence-electron chi connectivity index (χ4n) is 3.84. The lowest BCUT2D eigenvalue weighted by atomic mass is 10.1. The Balaban J connectivity index is 1.28. The summed E-state index contributed by atoms with van der Waals surface area (Å²) in [5.74, 6) is 0. The first-order chi connectivity index (χ1) is 15.2. The largest absolute Gasteiger partial charge is 0.369 e. The van der Waals surface area contributed by atoms with Crippen molar-refractivity contribution in [3.8, 4) is 16.9 Å². The van der Waals surface area contributed by atoms with E-state index in [0.29, 0.717) is 0 Å². The number of aryl methyl sites for hydroxylation is 1. The number of nitrogens with one attached hydrogen (secondary N) is 1. The van der Waals surface area contributed by atoms with Crippen LogP contribution in [0.2, 0.25) is 0 Å². The van der Waals surface area contributed by atoms with Gasteiger partial charge in [-0.15, -0.1) is 11.3 Å². The van der Waals surface area contributed by atoms with Crippen LogP contribution in [0.25, 0.3) is 16.9 Å². The van der Waals surface area contributed by atoms with Crippen molar-refractivity contribution in [2.75, 3.05) is 43.4 Å². The molecule has 0 unspecified atom stereocenters. The molecule has 1 N–H and O–H groups in total. The minimum atomic E-state index is 0.907. The molecule has 5 rings (SSSR count). The first-order valence-electron chi connectivity index (χ1n) is 10.5. The Morgan fingerprint density at radius 3 is 2.45 bits per heavy atom. The normalized spacial score (nSPS) is 14.7. The maximum Gasteiger partial charge on any atom is 0.187 e. The number of aromatic nitrogens is 3. The first kappa shape index (κ1) is 19.8. The van der Waals surface area contributed by atoms with E-state index in [1.54, 1.807) is 23.9 Å². The molecule has 0 aliphatic carbocycles. The molecule has 1 aliphatic heterocycles. The quantitative estimate of drug-likeness (QED) is 0.493. The molecule has 158 valence electrons. The van der Waals surface area contributed by atoms with Crippen LogP contribution < -0.4 is 10.2 Å². The average Bonchev–Trinajstić information content (AvgIpc) is 3.48. The molecular formula is C24H26N6S. The van der Waals surface area contributed by atoms with Crippen molar-refractivity contribution in [3.63, 3.8) is 0 Å². The molecule has 6 nitrogen and oxygen atoms in total. The van der Waals surface area contributed by atoms with Crippen molar-refractivity contribution in [3.05, 3.63) is 72.1 Å². The van der Waals surface area contributed by atoms with Gasteiger partial charge >= 0.3 is 0 Å². The molecule has 0 spiro atoms. The van der Waals surface area contributed by atoms with Crippen molar-refractivity contribution in [1.82, 2.24) is 19.4 Å². The second-order valence-corrected chi connectivity index (χ2v) is 8.83. The minimum Gasteiger partial charge on any atom is -0.369 e. The highest BCUT2D eigenvalue weighted by Crippen LogP contribution is 2.30. The van der Waals surface area contributed by atoms with Crippen molar-refractivity contribution >= 4 is 27.8 Å². The average molecular weight is 431 g/mol. The third-order valence-electron chi connectivity index (χ3n) is 5.79. The molecule has 0 radical (unpaired) electrons. The van der Waals surface area contributed by atoms with Gasteiger partial charge in [0.1, 0.15) is 0 Å². The predicted molar refractivity (Wildman–Crippen MR) is 129 cm³/mol. The third-order valence-corrected chi connectivity index (χ3v) is 6.55. The molecule has 3 heterocycles. The third kappa shape index (κ3) is 4.33. The molecule has 2 aromatic carbocycles. The molecule has 4 aromatic rings. The highest BCUT2D eigenvalue weighted by Gasteiger charge is 2.15. The van der Waals surface area contributed by atoms with E-state index in [2.05, 4.69) is 81.9 Å². The lowest BCUT2D eigenvalue weighted by Crippen LogP contribution is -2.44. The van der Waals surface area contributed by atoms with E-state index >= 15 is 0 Å². The Morgan fingerprint density at radius 2 is 1.74 bits per heavy atom. The van der Waals surface area contributed by atoms with Gasteiger partial charge < -0.3 is 19.7 Å².